The third kappa shape index (κ3) is 3.06. The summed E-state index contributed by atoms with van der Waals surface area (Å²) in [6.45, 7) is 4.28. The van der Waals surface area contributed by atoms with Crippen molar-refractivity contribution in [3.05, 3.63) is 35.4 Å². The molecule has 3 heteroatoms. The lowest BCUT2D eigenvalue weighted by molar-refractivity contribution is -0.139. The van der Waals surface area contributed by atoms with Crippen LogP contribution in [-0.4, -0.2) is 13.1 Å². The largest absolute Gasteiger partial charge is 0.468 e. The highest BCUT2D eigenvalue weighted by Crippen LogP contribution is 2.25. The Kier molecular flexibility index (Phi) is 4.33. The second kappa shape index (κ2) is 5.31. The van der Waals surface area contributed by atoms with Crippen molar-refractivity contribution in [2.24, 2.45) is 0 Å². The van der Waals surface area contributed by atoms with Crippen LogP contribution in [0.5, 0.6) is 0 Å². The van der Waals surface area contributed by atoms with Crippen molar-refractivity contribution in [2.45, 2.75) is 24.6 Å². The standard InChI is InChI=1S/C12H15BrO2/c1-8(2)9-4-6-10(7-5-9)11(13)12(14)15-3/h4-8,11H,1-3H3/t11-/m1/s1. The summed E-state index contributed by atoms with van der Waals surface area (Å²) in [5.41, 5.74) is 2.19. The van der Waals surface area contributed by atoms with Crippen LogP contribution in [0.25, 0.3) is 0 Å². The minimum atomic E-state index is -0.372. The highest BCUT2D eigenvalue weighted by atomic mass is 79.9. The molecular weight excluding hydrogens is 256 g/mol. The molecule has 0 heterocycles. The molecule has 1 atom stereocenters. The van der Waals surface area contributed by atoms with E-state index in [9.17, 15) is 4.79 Å². The van der Waals surface area contributed by atoms with Crippen molar-refractivity contribution < 1.29 is 9.53 Å². The molecule has 0 fully saturated rings. The maximum absolute atomic E-state index is 11.3. The predicted molar refractivity (Wildman–Crippen MR) is 64.2 cm³/mol. The van der Waals surface area contributed by atoms with E-state index in [0.29, 0.717) is 5.92 Å². The van der Waals surface area contributed by atoms with Crippen molar-refractivity contribution in [1.82, 2.24) is 0 Å². The van der Waals surface area contributed by atoms with Gasteiger partial charge in [0.2, 0.25) is 0 Å². The fourth-order valence-corrected chi connectivity index (χ4v) is 1.78. The monoisotopic (exact) mass is 270 g/mol. The van der Waals surface area contributed by atoms with Crippen LogP contribution in [0.3, 0.4) is 0 Å². The van der Waals surface area contributed by atoms with E-state index in [2.05, 4.69) is 34.5 Å². The van der Waals surface area contributed by atoms with Crippen LogP contribution in [0, 0.1) is 0 Å². The first-order valence-electron chi connectivity index (χ1n) is 4.88. The van der Waals surface area contributed by atoms with Gasteiger partial charge in [-0.1, -0.05) is 54.0 Å². The molecule has 82 valence electrons. The molecule has 0 amide bonds. The van der Waals surface area contributed by atoms with Gasteiger partial charge in [-0.3, -0.25) is 4.79 Å². The van der Waals surface area contributed by atoms with Crippen molar-refractivity contribution in [2.75, 3.05) is 7.11 Å². The average molecular weight is 271 g/mol. The molecule has 1 rings (SSSR count). The van der Waals surface area contributed by atoms with Crippen LogP contribution >= 0.6 is 15.9 Å². The molecular formula is C12H15BrO2. The van der Waals surface area contributed by atoms with Gasteiger partial charge in [0, 0.05) is 0 Å². The molecule has 0 saturated heterocycles. The second-order valence-electron chi connectivity index (χ2n) is 3.71. The van der Waals surface area contributed by atoms with E-state index < -0.39 is 0 Å². The number of hydrogen-bond acceptors (Lipinski definition) is 2. The molecule has 0 radical (unpaired) electrons. The number of rotatable bonds is 3. The van der Waals surface area contributed by atoms with Crippen LogP contribution in [0.4, 0.5) is 0 Å². The first-order chi connectivity index (χ1) is 7.06. The van der Waals surface area contributed by atoms with E-state index in [-0.39, 0.29) is 10.8 Å². The van der Waals surface area contributed by atoms with Gasteiger partial charge in [0.25, 0.3) is 0 Å². The van der Waals surface area contributed by atoms with E-state index in [0.717, 1.165) is 5.56 Å². The van der Waals surface area contributed by atoms with E-state index in [1.165, 1.54) is 12.7 Å². The maximum Gasteiger partial charge on any atom is 0.323 e. The van der Waals surface area contributed by atoms with Gasteiger partial charge >= 0.3 is 5.97 Å². The molecule has 0 N–H and O–H groups in total. The zero-order valence-corrected chi connectivity index (χ0v) is 10.7. The zero-order valence-electron chi connectivity index (χ0n) is 9.16. The number of carbonyl (C=O) groups is 1. The molecule has 0 aliphatic rings. The van der Waals surface area contributed by atoms with E-state index in [4.69, 9.17) is 0 Å². The highest BCUT2D eigenvalue weighted by Gasteiger charge is 2.17. The van der Waals surface area contributed by atoms with Gasteiger partial charge in [-0.15, -0.1) is 0 Å². The predicted octanol–water partition coefficient (Wildman–Crippen LogP) is 3.42. The molecule has 0 aliphatic heterocycles. The summed E-state index contributed by atoms with van der Waals surface area (Å²) in [7, 11) is 1.39. The summed E-state index contributed by atoms with van der Waals surface area (Å²) < 4.78 is 4.66. The Morgan fingerprint density at radius 2 is 1.67 bits per heavy atom. The number of ether oxygens (including phenoxy) is 1. The van der Waals surface area contributed by atoms with Crippen molar-refractivity contribution >= 4 is 21.9 Å². The lowest BCUT2D eigenvalue weighted by Gasteiger charge is -2.10. The third-order valence-electron chi connectivity index (χ3n) is 2.30. The molecule has 0 bridgehead atoms. The van der Waals surface area contributed by atoms with Gasteiger partial charge in [0.15, 0.2) is 0 Å². The van der Waals surface area contributed by atoms with Gasteiger partial charge in [-0.05, 0) is 17.0 Å². The number of esters is 1. The number of benzene rings is 1. The fraction of sp³-hybridized carbons (Fsp3) is 0.417. The lowest BCUT2D eigenvalue weighted by atomic mass is 10.0. The maximum atomic E-state index is 11.3. The molecule has 1 aromatic rings. The van der Waals surface area contributed by atoms with Crippen LogP contribution < -0.4 is 0 Å². The van der Waals surface area contributed by atoms with Gasteiger partial charge in [-0.25, -0.2) is 0 Å². The van der Waals surface area contributed by atoms with Crippen molar-refractivity contribution in [1.29, 1.82) is 0 Å². The number of methoxy groups -OCH3 is 1. The van der Waals surface area contributed by atoms with Gasteiger partial charge < -0.3 is 4.74 Å². The fourth-order valence-electron chi connectivity index (χ4n) is 1.29. The minimum Gasteiger partial charge on any atom is -0.468 e. The van der Waals surface area contributed by atoms with E-state index >= 15 is 0 Å². The Balaban J connectivity index is 2.84. The Morgan fingerprint density at radius 3 is 2.07 bits per heavy atom. The molecule has 2 nitrogen and oxygen atoms in total. The molecule has 0 aromatic heterocycles. The van der Waals surface area contributed by atoms with Crippen molar-refractivity contribution in [3.8, 4) is 0 Å². The minimum absolute atomic E-state index is 0.271. The number of carbonyl (C=O) groups excluding carboxylic acids is 1. The normalized spacial score (nSPS) is 12.6. The Labute approximate surface area is 98.8 Å². The van der Waals surface area contributed by atoms with Crippen LogP contribution in [0.1, 0.15) is 35.7 Å². The molecule has 0 unspecified atom stereocenters. The van der Waals surface area contributed by atoms with Crippen LogP contribution in [0.15, 0.2) is 24.3 Å². The quantitative estimate of drug-likeness (QED) is 0.622. The number of alkyl halides is 1. The smallest absolute Gasteiger partial charge is 0.323 e. The summed E-state index contributed by atoms with van der Waals surface area (Å²) in [5.74, 6) is 0.234. The average Bonchev–Trinajstić information content (AvgIpc) is 2.27. The summed E-state index contributed by atoms with van der Waals surface area (Å²) in [5, 5.41) is 0. The Bertz CT molecular complexity index is 330. The Morgan fingerprint density at radius 1 is 1.20 bits per heavy atom. The van der Waals surface area contributed by atoms with Gasteiger partial charge in [0.1, 0.15) is 4.83 Å². The molecule has 0 saturated carbocycles. The first-order valence-corrected chi connectivity index (χ1v) is 5.79. The second-order valence-corrected chi connectivity index (χ2v) is 4.62. The zero-order chi connectivity index (χ0) is 11.4. The first kappa shape index (κ1) is 12.2. The van der Waals surface area contributed by atoms with Crippen LogP contribution in [0.2, 0.25) is 0 Å². The third-order valence-corrected chi connectivity index (χ3v) is 3.21. The molecule has 0 spiro atoms. The summed E-state index contributed by atoms with van der Waals surface area (Å²) in [6.07, 6.45) is 0. The lowest BCUT2D eigenvalue weighted by Crippen LogP contribution is -2.08. The van der Waals surface area contributed by atoms with Gasteiger partial charge in [-0.2, -0.15) is 0 Å². The molecule has 15 heavy (non-hydrogen) atoms. The van der Waals surface area contributed by atoms with E-state index in [1.807, 2.05) is 24.3 Å². The molecule has 1 aromatic carbocycles. The van der Waals surface area contributed by atoms with Gasteiger partial charge in [0.05, 0.1) is 7.11 Å². The summed E-state index contributed by atoms with van der Waals surface area (Å²) in [4.78, 5) is 10.9. The summed E-state index contributed by atoms with van der Waals surface area (Å²) >= 11 is 3.30. The SMILES string of the molecule is COC(=O)[C@H](Br)c1ccc(C(C)C)cc1. The van der Waals surface area contributed by atoms with Crippen LogP contribution in [-0.2, 0) is 9.53 Å². The molecule has 0 aliphatic carbocycles. The topological polar surface area (TPSA) is 26.3 Å². The summed E-state index contributed by atoms with van der Waals surface area (Å²) in [6, 6.07) is 7.98. The van der Waals surface area contributed by atoms with E-state index in [1.54, 1.807) is 0 Å². The highest BCUT2D eigenvalue weighted by molar-refractivity contribution is 9.09. The number of halogens is 1. The number of hydrogen-bond donors (Lipinski definition) is 0. The Hall–Kier alpha value is -0.830. The van der Waals surface area contributed by atoms with Crippen molar-refractivity contribution in [3.63, 3.8) is 0 Å².